The number of carbonyl (C=O) groups is 1. The quantitative estimate of drug-likeness (QED) is 0.778. The third kappa shape index (κ3) is 7.13. The number of amides is 1. The largest absolute Gasteiger partial charge is 0.401 e. The van der Waals surface area contributed by atoms with Crippen LogP contribution in [0, 0.1) is 5.92 Å². The van der Waals surface area contributed by atoms with Crippen molar-refractivity contribution in [1.29, 1.82) is 0 Å². The number of alkyl halides is 3. The third-order valence-corrected chi connectivity index (χ3v) is 3.98. The van der Waals surface area contributed by atoms with Crippen LogP contribution in [0.5, 0.6) is 0 Å². The summed E-state index contributed by atoms with van der Waals surface area (Å²) in [6.45, 7) is 7.31. The Morgan fingerprint density at radius 3 is 2.29 bits per heavy atom. The van der Waals surface area contributed by atoms with Gasteiger partial charge in [-0.2, -0.15) is 13.2 Å². The highest BCUT2D eigenvalue weighted by molar-refractivity contribution is 5.78. The van der Waals surface area contributed by atoms with E-state index in [0.29, 0.717) is 19.0 Å². The molecule has 1 amide bonds. The van der Waals surface area contributed by atoms with Crippen molar-refractivity contribution in [2.75, 3.05) is 45.8 Å². The highest BCUT2D eigenvalue weighted by Crippen LogP contribution is 2.18. The number of carbonyl (C=O) groups excluding carboxylic acids is 1. The Balaban J connectivity index is 2.24. The van der Waals surface area contributed by atoms with Gasteiger partial charge in [-0.05, 0) is 31.8 Å². The maximum absolute atomic E-state index is 12.0. The predicted molar refractivity (Wildman–Crippen MR) is 76.0 cm³/mol. The second-order valence-electron chi connectivity index (χ2n) is 5.53. The van der Waals surface area contributed by atoms with Crippen molar-refractivity contribution >= 4 is 5.91 Å². The van der Waals surface area contributed by atoms with Crippen LogP contribution in [0.2, 0.25) is 0 Å². The van der Waals surface area contributed by atoms with Crippen LogP contribution in [0.3, 0.4) is 0 Å². The molecule has 0 radical (unpaired) electrons. The van der Waals surface area contributed by atoms with E-state index < -0.39 is 12.7 Å². The Hall–Kier alpha value is -0.820. The molecule has 0 spiro atoms. The summed E-state index contributed by atoms with van der Waals surface area (Å²) >= 11 is 0. The molecule has 1 heterocycles. The Bertz CT molecular complexity index is 311. The molecule has 1 N–H and O–H groups in total. The number of nitrogens with zero attached hydrogens (tertiary/aromatic N) is 2. The van der Waals surface area contributed by atoms with Crippen molar-refractivity contribution in [3.8, 4) is 0 Å². The molecular weight excluding hydrogens is 283 g/mol. The summed E-state index contributed by atoms with van der Waals surface area (Å²) in [5.41, 5.74) is 0. The lowest BCUT2D eigenvalue weighted by molar-refractivity contribution is -0.135. The normalized spacial score (nSPS) is 17.5. The van der Waals surface area contributed by atoms with Gasteiger partial charge in [-0.15, -0.1) is 0 Å². The molecule has 21 heavy (non-hydrogen) atoms. The highest BCUT2D eigenvalue weighted by Gasteiger charge is 2.28. The van der Waals surface area contributed by atoms with Crippen LogP contribution in [0.25, 0.3) is 0 Å². The zero-order valence-electron chi connectivity index (χ0n) is 12.9. The summed E-state index contributed by atoms with van der Waals surface area (Å²) in [6, 6.07) is 0. The van der Waals surface area contributed by atoms with Crippen molar-refractivity contribution in [2.24, 2.45) is 5.92 Å². The second kappa shape index (κ2) is 8.58. The fourth-order valence-electron chi connectivity index (χ4n) is 2.63. The monoisotopic (exact) mass is 309 g/mol. The number of hydrogen-bond donors (Lipinski definition) is 1. The molecule has 0 atom stereocenters. The molecule has 0 bridgehead atoms. The molecule has 124 valence electrons. The maximum atomic E-state index is 12.0. The van der Waals surface area contributed by atoms with Gasteiger partial charge in [-0.3, -0.25) is 4.79 Å². The van der Waals surface area contributed by atoms with Gasteiger partial charge in [-0.25, -0.2) is 0 Å². The Kier molecular flexibility index (Phi) is 7.45. The minimum Gasteiger partial charge on any atom is -0.342 e. The minimum atomic E-state index is -4.27. The lowest BCUT2D eigenvalue weighted by Gasteiger charge is -2.34. The molecule has 0 aliphatic carbocycles. The molecule has 1 fully saturated rings. The first kappa shape index (κ1) is 18.2. The molecule has 7 heteroatoms. The van der Waals surface area contributed by atoms with E-state index in [9.17, 15) is 18.0 Å². The van der Waals surface area contributed by atoms with Crippen molar-refractivity contribution in [3.05, 3.63) is 0 Å². The summed E-state index contributed by atoms with van der Waals surface area (Å²) in [4.78, 5) is 15.8. The van der Waals surface area contributed by atoms with E-state index >= 15 is 0 Å². The van der Waals surface area contributed by atoms with Crippen molar-refractivity contribution in [1.82, 2.24) is 15.1 Å². The summed E-state index contributed by atoms with van der Waals surface area (Å²) in [5.74, 6) is 0.345. The molecule has 4 nitrogen and oxygen atoms in total. The number of nitrogens with one attached hydrogen (secondary N) is 1. The molecular formula is C14H26F3N3O. The van der Waals surface area contributed by atoms with Crippen molar-refractivity contribution in [3.63, 3.8) is 0 Å². The van der Waals surface area contributed by atoms with Gasteiger partial charge in [0.15, 0.2) is 0 Å². The fraction of sp³-hybridized carbons (Fsp3) is 0.929. The van der Waals surface area contributed by atoms with Crippen LogP contribution in [0.15, 0.2) is 0 Å². The van der Waals surface area contributed by atoms with Gasteiger partial charge in [0.1, 0.15) is 0 Å². The van der Waals surface area contributed by atoms with E-state index in [2.05, 4.69) is 24.1 Å². The van der Waals surface area contributed by atoms with Gasteiger partial charge in [-0.1, -0.05) is 13.8 Å². The Morgan fingerprint density at radius 1 is 1.24 bits per heavy atom. The third-order valence-electron chi connectivity index (χ3n) is 3.98. The van der Waals surface area contributed by atoms with Gasteiger partial charge >= 0.3 is 6.18 Å². The predicted octanol–water partition coefficient (Wildman–Crippen LogP) is 1.72. The van der Waals surface area contributed by atoms with E-state index in [1.807, 2.05) is 0 Å². The van der Waals surface area contributed by atoms with Gasteiger partial charge in [0.25, 0.3) is 0 Å². The molecule has 0 saturated carbocycles. The lowest BCUT2D eigenvalue weighted by atomic mass is 9.96. The van der Waals surface area contributed by atoms with Crippen molar-refractivity contribution < 1.29 is 18.0 Å². The second-order valence-corrected chi connectivity index (χ2v) is 5.53. The number of hydrogen-bond acceptors (Lipinski definition) is 3. The van der Waals surface area contributed by atoms with Crippen LogP contribution in [-0.2, 0) is 4.79 Å². The molecule has 0 unspecified atom stereocenters. The van der Waals surface area contributed by atoms with E-state index in [0.717, 1.165) is 32.5 Å². The summed E-state index contributed by atoms with van der Waals surface area (Å²) in [7, 11) is 0. The van der Waals surface area contributed by atoms with Crippen LogP contribution < -0.4 is 5.32 Å². The smallest absolute Gasteiger partial charge is 0.342 e. The first-order chi connectivity index (χ1) is 9.85. The van der Waals surface area contributed by atoms with E-state index in [1.165, 1.54) is 0 Å². The van der Waals surface area contributed by atoms with Gasteiger partial charge in [0, 0.05) is 19.6 Å². The van der Waals surface area contributed by atoms with Gasteiger partial charge in [0.05, 0.1) is 13.1 Å². The summed E-state index contributed by atoms with van der Waals surface area (Å²) in [5, 5.41) is 2.16. The molecule has 1 rings (SSSR count). The number of rotatable bonds is 7. The first-order valence-corrected chi connectivity index (χ1v) is 7.63. The number of piperidine rings is 1. The van der Waals surface area contributed by atoms with Crippen LogP contribution in [0.1, 0.15) is 26.7 Å². The first-order valence-electron chi connectivity index (χ1n) is 7.63. The van der Waals surface area contributed by atoms with Crippen molar-refractivity contribution in [2.45, 2.75) is 32.9 Å². The zero-order chi connectivity index (χ0) is 15.9. The van der Waals surface area contributed by atoms with Gasteiger partial charge < -0.3 is 15.1 Å². The topological polar surface area (TPSA) is 35.6 Å². The Morgan fingerprint density at radius 2 is 1.81 bits per heavy atom. The van der Waals surface area contributed by atoms with E-state index in [-0.39, 0.29) is 12.5 Å². The molecule has 0 aromatic heterocycles. The fourth-order valence-corrected chi connectivity index (χ4v) is 2.63. The standard InChI is InChI=1S/C14H26F3N3O/c1-3-19(4-2)10-12-5-7-20(8-6-12)13(21)9-18-11-14(15,16)17/h12,18H,3-11H2,1-2H3. The van der Waals surface area contributed by atoms with E-state index in [1.54, 1.807) is 4.90 Å². The van der Waals surface area contributed by atoms with E-state index in [4.69, 9.17) is 0 Å². The molecule has 1 aliphatic heterocycles. The summed E-state index contributed by atoms with van der Waals surface area (Å²) < 4.78 is 36.0. The lowest BCUT2D eigenvalue weighted by Crippen LogP contribution is -2.45. The average Bonchev–Trinajstić information content (AvgIpc) is 2.44. The maximum Gasteiger partial charge on any atom is 0.401 e. The van der Waals surface area contributed by atoms with Gasteiger partial charge in [0.2, 0.25) is 5.91 Å². The minimum absolute atomic E-state index is 0.236. The SMILES string of the molecule is CCN(CC)CC1CCN(C(=O)CNCC(F)(F)F)CC1. The van der Waals surface area contributed by atoms with Crippen LogP contribution in [-0.4, -0.2) is 67.7 Å². The number of halogens is 3. The van der Waals surface area contributed by atoms with Crippen LogP contribution in [0.4, 0.5) is 13.2 Å². The highest BCUT2D eigenvalue weighted by atomic mass is 19.4. The molecule has 1 aliphatic rings. The van der Waals surface area contributed by atoms with Crippen LogP contribution >= 0.6 is 0 Å². The number of likely N-dealkylation sites (tertiary alicyclic amines) is 1. The Labute approximate surface area is 124 Å². The molecule has 0 aromatic rings. The average molecular weight is 309 g/mol. The zero-order valence-corrected chi connectivity index (χ0v) is 12.9. The summed E-state index contributed by atoms with van der Waals surface area (Å²) in [6.07, 6.45) is -2.40. The molecule has 0 aromatic carbocycles. The molecule has 1 saturated heterocycles.